The summed E-state index contributed by atoms with van der Waals surface area (Å²) in [5, 5.41) is 0.978. The molecule has 2 aromatic rings. The summed E-state index contributed by atoms with van der Waals surface area (Å²) in [4.78, 5) is 27.2. The Morgan fingerprint density at radius 1 is 1.18 bits per heavy atom. The predicted molar refractivity (Wildman–Crippen MR) is 91.0 cm³/mol. The zero-order chi connectivity index (χ0) is 16.4. The summed E-state index contributed by atoms with van der Waals surface area (Å²) in [6.45, 7) is 5.18. The molecule has 1 N–H and O–H groups in total. The van der Waals surface area contributed by atoms with E-state index in [-0.39, 0.29) is 16.9 Å². The van der Waals surface area contributed by atoms with Gasteiger partial charge in [-0.05, 0) is 61.7 Å². The first-order valence-corrected chi connectivity index (χ1v) is 7.43. The number of carbonyl (C=O) groups excluding carboxylic acids is 1. The molecule has 0 amide bonds. The number of hydrogen-bond acceptors (Lipinski definition) is 2. The normalized spacial score (nSPS) is 11.6. The molecule has 0 saturated carbocycles. The fourth-order valence-corrected chi connectivity index (χ4v) is 2.71. The molecule has 5 heteroatoms. The summed E-state index contributed by atoms with van der Waals surface area (Å²) in [5.74, 6) is -0.315. The van der Waals surface area contributed by atoms with Crippen molar-refractivity contribution in [2.75, 3.05) is 0 Å². The van der Waals surface area contributed by atoms with Gasteiger partial charge in [0.25, 0.3) is 5.56 Å². The number of aromatic amines is 1. The van der Waals surface area contributed by atoms with Crippen LogP contribution in [-0.4, -0.2) is 10.8 Å². The highest BCUT2D eigenvalue weighted by atomic mass is 35.5. The van der Waals surface area contributed by atoms with Crippen molar-refractivity contribution in [3.05, 3.63) is 72.6 Å². The van der Waals surface area contributed by atoms with E-state index in [1.165, 1.54) is 0 Å². The van der Waals surface area contributed by atoms with Crippen LogP contribution in [0.5, 0.6) is 0 Å². The molecule has 0 aliphatic carbocycles. The predicted octanol–water partition coefficient (Wildman–Crippen LogP) is 4.58. The SMILES string of the molecule is CC(=Cc1ccc(Cl)cc1Cl)C(=O)c1c(C)cc(C)[nH]c1=O. The molecular formula is C17H15Cl2NO2. The first kappa shape index (κ1) is 16.5. The maximum absolute atomic E-state index is 12.5. The van der Waals surface area contributed by atoms with Crippen molar-refractivity contribution >= 4 is 35.1 Å². The molecule has 1 aromatic carbocycles. The van der Waals surface area contributed by atoms with Crippen molar-refractivity contribution in [1.82, 2.24) is 4.98 Å². The summed E-state index contributed by atoms with van der Waals surface area (Å²) in [7, 11) is 0. The summed E-state index contributed by atoms with van der Waals surface area (Å²) >= 11 is 12.0. The molecule has 0 fully saturated rings. The lowest BCUT2D eigenvalue weighted by Crippen LogP contribution is -2.21. The Bertz CT molecular complexity index is 835. The molecule has 0 saturated heterocycles. The van der Waals surface area contributed by atoms with E-state index in [4.69, 9.17) is 23.2 Å². The van der Waals surface area contributed by atoms with E-state index in [2.05, 4.69) is 4.98 Å². The van der Waals surface area contributed by atoms with Gasteiger partial charge in [0.15, 0.2) is 5.78 Å². The number of hydrogen-bond donors (Lipinski definition) is 1. The van der Waals surface area contributed by atoms with Crippen LogP contribution in [0.1, 0.15) is 34.1 Å². The fraction of sp³-hybridized carbons (Fsp3) is 0.176. The molecule has 3 nitrogen and oxygen atoms in total. The Kier molecular flexibility index (Phi) is 4.89. The second-order valence-corrected chi connectivity index (χ2v) is 6.01. The number of Topliss-reactive ketones (excluding diaryl/α,β-unsaturated/α-hetero) is 1. The molecule has 22 heavy (non-hydrogen) atoms. The average Bonchev–Trinajstić information content (AvgIpc) is 2.40. The standard InChI is InChI=1S/C17H15Cl2NO2/c1-9-6-11(3)20-17(22)15(9)16(21)10(2)7-12-4-5-13(18)8-14(12)19/h4-8H,1-3H3,(H,20,22). The van der Waals surface area contributed by atoms with Crippen LogP contribution in [0.4, 0.5) is 0 Å². The van der Waals surface area contributed by atoms with Crippen LogP contribution in [0.2, 0.25) is 10.0 Å². The molecule has 0 bridgehead atoms. The summed E-state index contributed by atoms with van der Waals surface area (Å²) in [6.07, 6.45) is 1.65. The zero-order valence-electron chi connectivity index (χ0n) is 12.5. The third-order valence-corrected chi connectivity index (χ3v) is 3.85. The smallest absolute Gasteiger partial charge is 0.259 e. The maximum Gasteiger partial charge on any atom is 0.259 e. The van der Waals surface area contributed by atoms with Gasteiger partial charge in [-0.2, -0.15) is 0 Å². The second kappa shape index (κ2) is 6.51. The van der Waals surface area contributed by atoms with E-state index in [9.17, 15) is 9.59 Å². The van der Waals surface area contributed by atoms with Crippen molar-refractivity contribution in [2.24, 2.45) is 0 Å². The first-order valence-electron chi connectivity index (χ1n) is 6.68. The van der Waals surface area contributed by atoms with Gasteiger partial charge in [0.05, 0.1) is 5.56 Å². The monoisotopic (exact) mass is 335 g/mol. The van der Waals surface area contributed by atoms with Gasteiger partial charge in [-0.1, -0.05) is 29.3 Å². The Labute approximate surface area is 138 Å². The number of pyridine rings is 1. The van der Waals surface area contributed by atoms with E-state index in [0.29, 0.717) is 26.7 Å². The van der Waals surface area contributed by atoms with Crippen LogP contribution in [0, 0.1) is 13.8 Å². The van der Waals surface area contributed by atoms with Crippen molar-refractivity contribution in [3.8, 4) is 0 Å². The molecule has 0 spiro atoms. The lowest BCUT2D eigenvalue weighted by molar-refractivity contribution is 0.103. The van der Waals surface area contributed by atoms with Crippen molar-refractivity contribution in [1.29, 1.82) is 0 Å². The number of ketones is 1. The average molecular weight is 336 g/mol. The van der Waals surface area contributed by atoms with Crippen LogP contribution in [0.25, 0.3) is 6.08 Å². The van der Waals surface area contributed by atoms with E-state index < -0.39 is 0 Å². The van der Waals surface area contributed by atoms with Gasteiger partial charge in [0.2, 0.25) is 0 Å². The first-order chi connectivity index (χ1) is 10.3. The molecule has 0 atom stereocenters. The van der Waals surface area contributed by atoms with Gasteiger partial charge >= 0.3 is 0 Å². The van der Waals surface area contributed by atoms with Crippen LogP contribution in [-0.2, 0) is 0 Å². The van der Waals surface area contributed by atoms with Crippen LogP contribution in [0.15, 0.2) is 34.6 Å². The molecule has 0 unspecified atom stereocenters. The second-order valence-electron chi connectivity index (χ2n) is 5.16. The molecule has 1 aromatic heterocycles. The minimum Gasteiger partial charge on any atom is -0.326 e. The highest BCUT2D eigenvalue weighted by molar-refractivity contribution is 6.35. The highest BCUT2D eigenvalue weighted by Gasteiger charge is 2.16. The number of halogens is 2. The van der Waals surface area contributed by atoms with Gasteiger partial charge in [-0.15, -0.1) is 0 Å². The van der Waals surface area contributed by atoms with E-state index in [0.717, 1.165) is 5.69 Å². The number of allylic oxidation sites excluding steroid dienone is 1. The third kappa shape index (κ3) is 3.49. The van der Waals surface area contributed by atoms with Gasteiger partial charge in [-0.25, -0.2) is 0 Å². The minimum atomic E-state index is -0.377. The molecular weight excluding hydrogens is 321 g/mol. The molecule has 114 valence electrons. The molecule has 2 rings (SSSR count). The van der Waals surface area contributed by atoms with Crippen molar-refractivity contribution in [3.63, 3.8) is 0 Å². The van der Waals surface area contributed by atoms with Gasteiger partial charge in [-0.3, -0.25) is 9.59 Å². The minimum absolute atomic E-state index is 0.157. The zero-order valence-corrected chi connectivity index (χ0v) is 14.0. The lowest BCUT2D eigenvalue weighted by Gasteiger charge is -2.06. The van der Waals surface area contributed by atoms with Gasteiger partial charge < -0.3 is 4.98 Å². The third-order valence-electron chi connectivity index (χ3n) is 3.28. The summed E-state index contributed by atoms with van der Waals surface area (Å²) in [5.41, 5.74) is 2.27. The molecule has 0 aliphatic rings. The Morgan fingerprint density at radius 2 is 1.86 bits per heavy atom. The Morgan fingerprint density at radius 3 is 2.45 bits per heavy atom. The molecule has 1 heterocycles. The summed E-state index contributed by atoms with van der Waals surface area (Å²) in [6, 6.07) is 6.81. The quantitative estimate of drug-likeness (QED) is 0.659. The number of H-pyrrole nitrogens is 1. The largest absolute Gasteiger partial charge is 0.326 e. The molecule has 0 aliphatic heterocycles. The Balaban J connectivity index is 2.45. The van der Waals surface area contributed by atoms with E-state index in [1.54, 1.807) is 51.1 Å². The van der Waals surface area contributed by atoms with Crippen molar-refractivity contribution < 1.29 is 4.79 Å². The van der Waals surface area contributed by atoms with Crippen LogP contribution >= 0.6 is 23.2 Å². The van der Waals surface area contributed by atoms with E-state index in [1.807, 2.05) is 0 Å². The fourth-order valence-electron chi connectivity index (χ4n) is 2.25. The number of aromatic nitrogens is 1. The van der Waals surface area contributed by atoms with Crippen LogP contribution < -0.4 is 5.56 Å². The van der Waals surface area contributed by atoms with Crippen LogP contribution in [0.3, 0.4) is 0 Å². The van der Waals surface area contributed by atoms with Gasteiger partial charge in [0, 0.05) is 15.7 Å². The number of nitrogens with one attached hydrogen (secondary N) is 1. The number of carbonyl (C=O) groups is 1. The number of aryl methyl sites for hydroxylation is 2. The number of benzene rings is 1. The molecule has 0 radical (unpaired) electrons. The lowest BCUT2D eigenvalue weighted by atomic mass is 9.99. The maximum atomic E-state index is 12.5. The van der Waals surface area contributed by atoms with E-state index >= 15 is 0 Å². The number of rotatable bonds is 3. The highest BCUT2D eigenvalue weighted by Crippen LogP contribution is 2.24. The summed E-state index contributed by atoms with van der Waals surface area (Å²) < 4.78 is 0. The van der Waals surface area contributed by atoms with Gasteiger partial charge in [0.1, 0.15) is 0 Å². The Hall–Kier alpha value is -1.84. The topological polar surface area (TPSA) is 49.9 Å². The van der Waals surface area contributed by atoms with Crippen molar-refractivity contribution in [2.45, 2.75) is 20.8 Å².